The van der Waals surface area contributed by atoms with Crippen molar-refractivity contribution >= 4 is 0 Å². The van der Waals surface area contributed by atoms with E-state index in [1.165, 1.54) is 12.5 Å². The van der Waals surface area contributed by atoms with Gasteiger partial charge in [-0.3, -0.25) is 5.32 Å². The molecule has 0 aromatic rings. The Morgan fingerprint density at radius 3 is 2.25 bits per heavy atom. The molecule has 26 unspecified atom stereocenters. The Labute approximate surface area is 357 Å². The number of hydrogen-bond donors (Lipinski definition) is 10. The normalized spacial score (nSPS) is 58.4. The smallest absolute Gasteiger partial charge is 0.187 e. The van der Waals surface area contributed by atoms with Crippen molar-refractivity contribution in [2.75, 3.05) is 19.8 Å². The SMILES string of the molecule is CC1CNC2(OC3CC4C5CC=C6CC(OC7OC(CO)C(O)C(OC8OCC(O)C(O)C8O)C7OC7OC(C)C(O)C(O)C7O)CCC6(C)C5CCC4(C)C3C2C)C(O)C1. The van der Waals surface area contributed by atoms with E-state index >= 15 is 0 Å². The molecular formula is C44H71NO16. The molecule has 9 rings (SSSR count). The lowest BCUT2D eigenvalue weighted by Crippen LogP contribution is -2.66. The fourth-order valence-electron chi connectivity index (χ4n) is 14.1. The largest absolute Gasteiger partial charge is 0.394 e. The molecule has 5 aliphatic heterocycles. The third-order valence-corrected chi connectivity index (χ3v) is 17.5. The number of nitrogens with one attached hydrogen (secondary N) is 1. The third-order valence-electron chi connectivity index (χ3n) is 17.5. The van der Waals surface area contributed by atoms with E-state index in [2.05, 4.69) is 39.1 Å². The van der Waals surface area contributed by atoms with Gasteiger partial charge in [-0.2, -0.15) is 0 Å². The van der Waals surface area contributed by atoms with Crippen molar-refractivity contribution in [3.8, 4) is 0 Å². The van der Waals surface area contributed by atoms with Gasteiger partial charge in [0.1, 0.15) is 66.8 Å². The molecule has 10 N–H and O–H groups in total. The molecule has 4 aliphatic carbocycles. The molecular weight excluding hydrogens is 798 g/mol. The van der Waals surface area contributed by atoms with Crippen LogP contribution in [0.15, 0.2) is 11.6 Å². The Morgan fingerprint density at radius 1 is 0.770 bits per heavy atom. The Morgan fingerprint density at radius 2 is 1.51 bits per heavy atom. The molecule has 26 atom stereocenters. The van der Waals surface area contributed by atoms with Gasteiger partial charge >= 0.3 is 0 Å². The van der Waals surface area contributed by atoms with Gasteiger partial charge in [0.25, 0.3) is 0 Å². The number of fused-ring (bicyclic) bond motifs is 7. The van der Waals surface area contributed by atoms with E-state index in [4.69, 9.17) is 33.2 Å². The summed E-state index contributed by atoms with van der Waals surface area (Å²) in [6.07, 6.45) is -12.0. The summed E-state index contributed by atoms with van der Waals surface area (Å²) in [7, 11) is 0. The van der Waals surface area contributed by atoms with Crippen LogP contribution in [-0.2, 0) is 33.2 Å². The zero-order chi connectivity index (χ0) is 43.5. The molecule has 61 heavy (non-hydrogen) atoms. The third kappa shape index (κ3) is 7.32. The van der Waals surface area contributed by atoms with Gasteiger partial charge in [0, 0.05) is 12.5 Å². The first-order chi connectivity index (χ1) is 28.9. The van der Waals surface area contributed by atoms with Gasteiger partial charge in [0.2, 0.25) is 0 Å². The Balaban J connectivity index is 0.934. The average Bonchev–Trinajstić information content (AvgIpc) is 3.69. The van der Waals surface area contributed by atoms with Gasteiger partial charge in [0.15, 0.2) is 18.9 Å². The lowest BCUT2D eigenvalue weighted by Gasteiger charge is -2.59. The Hall–Kier alpha value is -0.940. The van der Waals surface area contributed by atoms with Crippen LogP contribution in [0.5, 0.6) is 0 Å². The van der Waals surface area contributed by atoms with Crippen molar-refractivity contribution < 1.29 is 79.1 Å². The molecule has 8 fully saturated rings. The number of allylic oxidation sites excluding steroid dienone is 1. The maximum atomic E-state index is 11.5. The highest BCUT2D eigenvalue weighted by Gasteiger charge is 2.70. The van der Waals surface area contributed by atoms with E-state index in [0.29, 0.717) is 42.4 Å². The van der Waals surface area contributed by atoms with Gasteiger partial charge in [-0.1, -0.05) is 39.3 Å². The van der Waals surface area contributed by atoms with Crippen LogP contribution in [0.3, 0.4) is 0 Å². The second-order valence-electron chi connectivity index (χ2n) is 20.9. The summed E-state index contributed by atoms with van der Waals surface area (Å²) in [4.78, 5) is 0. The predicted molar refractivity (Wildman–Crippen MR) is 212 cm³/mol. The van der Waals surface area contributed by atoms with Gasteiger partial charge in [-0.15, -0.1) is 0 Å². The molecule has 3 saturated carbocycles. The number of aliphatic hydroxyl groups excluding tert-OH is 9. The van der Waals surface area contributed by atoms with Gasteiger partial charge in [0.05, 0.1) is 37.6 Å². The fourth-order valence-corrected chi connectivity index (χ4v) is 14.1. The Kier molecular flexibility index (Phi) is 12.4. The molecule has 17 heteroatoms. The van der Waals surface area contributed by atoms with Crippen molar-refractivity contribution in [1.82, 2.24) is 5.32 Å². The molecule has 17 nitrogen and oxygen atoms in total. The van der Waals surface area contributed by atoms with E-state index in [1.807, 2.05) is 0 Å². The summed E-state index contributed by atoms with van der Waals surface area (Å²) < 4.78 is 43.5. The van der Waals surface area contributed by atoms with E-state index in [-0.39, 0.29) is 35.6 Å². The zero-order valence-corrected chi connectivity index (χ0v) is 36.0. The summed E-state index contributed by atoms with van der Waals surface area (Å²) in [5.41, 5.74) is 0.701. The molecule has 9 aliphatic rings. The first-order valence-corrected chi connectivity index (χ1v) is 23.0. The summed E-state index contributed by atoms with van der Waals surface area (Å²) in [6, 6.07) is 0. The maximum Gasteiger partial charge on any atom is 0.187 e. The van der Waals surface area contributed by atoms with Crippen molar-refractivity contribution in [2.24, 2.45) is 46.3 Å². The summed E-state index contributed by atoms with van der Waals surface area (Å²) in [6.45, 7) is 10.7. The highest BCUT2D eigenvalue weighted by atomic mass is 16.8. The predicted octanol–water partition coefficient (Wildman–Crippen LogP) is -0.603. The van der Waals surface area contributed by atoms with Gasteiger partial charge in [-0.05, 0) is 98.7 Å². The van der Waals surface area contributed by atoms with Crippen LogP contribution < -0.4 is 5.32 Å². The molecule has 0 aromatic carbocycles. The molecule has 0 bridgehead atoms. The van der Waals surface area contributed by atoms with Gasteiger partial charge in [-0.25, -0.2) is 0 Å². The van der Waals surface area contributed by atoms with Crippen molar-refractivity contribution in [3.63, 3.8) is 0 Å². The molecule has 5 heterocycles. The first kappa shape index (κ1) is 45.2. The average molecular weight is 870 g/mol. The fraction of sp³-hybridized carbons (Fsp3) is 0.955. The molecule has 1 spiro atoms. The van der Waals surface area contributed by atoms with E-state index < -0.39 is 104 Å². The van der Waals surface area contributed by atoms with E-state index in [0.717, 1.165) is 45.1 Å². The standard InChI is InChI=1S/C44H71NO16/c1-18-12-29(48)44(45-15-18)19(2)30-27(61-44)14-25-23-7-6-21-13-22(8-10-42(21,4)24(23)9-11-43(25,30)5)57-41-38(60-40-36(54)34(52)31(49)20(3)56-40)37(33(51)28(16-46)58-41)59-39-35(53)32(50)26(47)17-55-39/h6,18-20,22-41,45-54H,7-17H2,1-5H3. The molecule has 0 radical (unpaired) electrons. The van der Waals surface area contributed by atoms with Crippen molar-refractivity contribution in [1.29, 1.82) is 0 Å². The van der Waals surface area contributed by atoms with Crippen molar-refractivity contribution in [2.45, 2.75) is 196 Å². The zero-order valence-electron chi connectivity index (χ0n) is 36.0. The maximum absolute atomic E-state index is 11.5. The van der Waals surface area contributed by atoms with Crippen LogP contribution in [0, 0.1) is 46.3 Å². The molecule has 0 amide bonds. The summed E-state index contributed by atoms with van der Waals surface area (Å²) in [5.74, 6) is 2.47. The molecule has 5 saturated heterocycles. The van der Waals surface area contributed by atoms with Crippen LogP contribution >= 0.6 is 0 Å². The summed E-state index contributed by atoms with van der Waals surface area (Å²) >= 11 is 0. The van der Waals surface area contributed by atoms with Crippen LogP contribution in [0.25, 0.3) is 0 Å². The highest BCUT2D eigenvalue weighted by Crippen LogP contribution is 2.70. The lowest BCUT2D eigenvalue weighted by molar-refractivity contribution is -0.390. The monoisotopic (exact) mass is 869 g/mol. The summed E-state index contributed by atoms with van der Waals surface area (Å²) in [5, 5.41) is 100. The van der Waals surface area contributed by atoms with E-state index in [9.17, 15) is 46.0 Å². The second kappa shape index (κ2) is 16.7. The van der Waals surface area contributed by atoms with Crippen molar-refractivity contribution in [3.05, 3.63) is 11.6 Å². The minimum absolute atomic E-state index is 0.0570. The molecule has 348 valence electrons. The van der Waals surface area contributed by atoms with Crippen LogP contribution in [0.4, 0.5) is 0 Å². The first-order valence-electron chi connectivity index (χ1n) is 23.0. The number of ether oxygens (including phenoxy) is 7. The number of aliphatic hydroxyl groups is 9. The second-order valence-corrected chi connectivity index (χ2v) is 20.9. The minimum atomic E-state index is -1.73. The topological polar surface area (TPSA) is 259 Å². The quantitative estimate of drug-likeness (QED) is 0.143. The highest BCUT2D eigenvalue weighted by molar-refractivity contribution is 5.27. The number of piperidine rings is 1. The van der Waals surface area contributed by atoms with Crippen LogP contribution in [-0.4, -0.2) is 176 Å². The van der Waals surface area contributed by atoms with Crippen LogP contribution in [0.1, 0.15) is 86.0 Å². The van der Waals surface area contributed by atoms with E-state index in [1.54, 1.807) is 0 Å². The lowest BCUT2D eigenvalue weighted by atomic mass is 9.46. The minimum Gasteiger partial charge on any atom is -0.394 e. The number of rotatable bonds is 7. The molecule has 0 aromatic heterocycles. The van der Waals surface area contributed by atoms with Gasteiger partial charge < -0.3 is 79.1 Å². The number of hydrogen-bond acceptors (Lipinski definition) is 17. The Bertz CT molecular complexity index is 1610. The van der Waals surface area contributed by atoms with Crippen LogP contribution in [0.2, 0.25) is 0 Å².